The molecule has 0 atom stereocenters. The second-order valence-electron chi connectivity index (χ2n) is 16.4. The van der Waals surface area contributed by atoms with Crippen LogP contribution in [0.25, 0.3) is 72.5 Å². The van der Waals surface area contributed by atoms with Crippen molar-refractivity contribution in [2.45, 2.75) is 19.3 Å². The van der Waals surface area contributed by atoms with Crippen molar-refractivity contribution in [1.29, 1.82) is 0 Å². The lowest BCUT2D eigenvalue weighted by Crippen LogP contribution is -2.73. The van der Waals surface area contributed by atoms with Crippen molar-refractivity contribution in [2.24, 2.45) is 0 Å². The average molecular weight is 770 g/mol. The highest BCUT2D eigenvalue weighted by atomic mass is 28.3. The molecule has 59 heavy (non-hydrogen) atoms. The Bertz CT molecular complexity index is 3250. The predicted octanol–water partition coefficient (Wildman–Crippen LogP) is 10.6. The Kier molecular flexibility index (Phi) is 7.29. The van der Waals surface area contributed by atoms with E-state index in [1.807, 2.05) is 0 Å². The van der Waals surface area contributed by atoms with Crippen molar-refractivity contribution in [2.75, 3.05) is 0 Å². The standard InChI is InChI=1S/C55H39N3Si/c1-55(2)43-30-16-12-26-39(43)49-44(55)34-35-47-50(49)40-27-13-17-31-45(40)58(47)46-32-18-14-28-41(46)54-56-51(36-20-6-3-7-21-36)53-52(57-54)42-29-15-19-33-48(42)59(53,37-22-8-4-9-23-37)38-24-10-5-11-25-38/h3-35H,1-2H3. The molecule has 2 aromatic heterocycles. The summed E-state index contributed by atoms with van der Waals surface area (Å²) in [6.07, 6.45) is 0. The monoisotopic (exact) mass is 769 g/mol. The van der Waals surface area contributed by atoms with Crippen LogP contribution in [-0.4, -0.2) is 22.6 Å². The number of aromatic nitrogens is 3. The molecule has 10 aromatic rings. The van der Waals surface area contributed by atoms with Gasteiger partial charge in [0.2, 0.25) is 0 Å². The van der Waals surface area contributed by atoms with E-state index in [1.165, 1.54) is 70.4 Å². The molecule has 0 spiro atoms. The van der Waals surface area contributed by atoms with Gasteiger partial charge in [0.25, 0.3) is 0 Å². The quantitative estimate of drug-likeness (QED) is 0.163. The summed E-state index contributed by atoms with van der Waals surface area (Å²) in [5.41, 5.74) is 14.0. The van der Waals surface area contributed by atoms with Crippen LogP contribution in [0, 0.1) is 0 Å². The maximum atomic E-state index is 5.76. The number of rotatable bonds is 5. The smallest absolute Gasteiger partial charge is 0.185 e. The Morgan fingerprint density at radius 2 is 1.03 bits per heavy atom. The summed E-state index contributed by atoms with van der Waals surface area (Å²) in [6.45, 7) is 4.72. The summed E-state index contributed by atoms with van der Waals surface area (Å²) in [4.78, 5) is 11.5. The van der Waals surface area contributed by atoms with Crippen LogP contribution in [0.4, 0.5) is 0 Å². The number of fused-ring (bicyclic) bond motifs is 10. The van der Waals surface area contributed by atoms with Crippen molar-refractivity contribution in [3.8, 4) is 50.7 Å². The first-order valence-corrected chi connectivity index (χ1v) is 22.5. The zero-order valence-corrected chi connectivity index (χ0v) is 33.9. The maximum Gasteiger partial charge on any atom is 0.185 e. The molecular weight excluding hydrogens is 731 g/mol. The topological polar surface area (TPSA) is 30.7 Å². The minimum atomic E-state index is -2.90. The maximum absolute atomic E-state index is 5.76. The number of hydrogen-bond acceptors (Lipinski definition) is 2. The van der Waals surface area contributed by atoms with E-state index in [1.54, 1.807) is 0 Å². The van der Waals surface area contributed by atoms with E-state index in [0.29, 0.717) is 0 Å². The van der Waals surface area contributed by atoms with Crippen molar-refractivity contribution >= 4 is 50.6 Å². The lowest BCUT2D eigenvalue weighted by molar-refractivity contribution is 0.661. The van der Waals surface area contributed by atoms with Crippen LogP contribution in [0.2, 0.25) is 0 Å². The summed E-state index contributed by atoms with van der Waals surface area (Å²) in [5.74, 6) is 0.720. The molecule has 8 aromatic carbocycles. The van der Waals surface area contributed by atoms with E-state index in [0.717, 1.165) is 34.0 Å². The molecule has 3 nitrogen and oxygen atoms in total. The van der Waals surface area contributed by atoms with Gasteiger partial charge in [0.15, 0.2) is 13.9 Å². The number of benzene rings is 8. The van der Waals surface area contributed by atoms with Gasteiger partial charge >= 0.3 is 0 Å². The van der Waals surface area contributed by atoms with E-state index in [9.17, 15) is 0 Å². The number of nitrogens with zero attached hydrogens (tertiary/aromatic N) is 3. The van der Waals surface area contributed by atoms with Crippen molar-refractivity contribution in [3.63, 3.8) is 0 Å². The molecule has 2 aliphatic rings. The van der Waals surface area contributed by atoms with Crippen LogP contribution >= 0.6 is 0 Å². The van der Waals surface area contributed by atoms with Gasteiger partial charge in [-0.3, -0.25) is 0 Å². The molecule has 0 N–H and O–H groups in total. The van der Waals surface area contributed by atoms with Crippen molar-refractivity contribution < 1.29 is 0 Å². The van der Waals surface area contributed by atoms with Crippen LogP contribution in [0.3, 0.4) is 0 Å². The minimum absolute atomic E-state index is 0.0956. The number of para-hydroxylation sites is 2. The normalized spacial score (nSPS) is 14.2. The third kappa shape index (κ3) is 4.63. The van der Waals surface area contributed by atoms with E-state index in [2.05, 4.69) is 219 Å². The second-order valence-corrected chi connectivity index (χ2v) is 20.1. The molecular formula is C55H39N3Si. The SMILES string of the molecule is CC1(C)c2ccccc2-c2c1ccc1c2c2ccccc2n1-c1ccccc1-c1nc(-c2ccccc2)c2c(n1)-c1ccccc1[Si]2(c1ccccc1)c1ccccc1. The molecule has 4 heteroatoms. The molecule has 0 saturated heterocycles. The van der Waals surface area contributed by atoms with Gasteiger partial charge in [-0.1, -0.05) is 190 Å². The molecule has 278 valence electrons. The van der Waals surface area contributed by atoms with Gasteiger partial charge in [-0.25, -0.2) is 9.97 Å². The van der Waals surface area contributed by atoms with Crippen LogP contribution < -0.4 is 20.7 Å². The first-order chi connectivity index (χ1) is 29.1. The highest BCUT2D eigenvalue weighted by Gasteiger charge is 2.51. The first kappa shape index (κ1) is 33.9. The Labute approximate surface area is 345 Å². The molecule has 1 aliphatic heterocycles. The highest BCUT2D eigenvalue weighted by Crippen LogP contribution is 2.53. The van der Waals surface area contributed by atoms with Crippen molar-refractivity contribution in [1.82, 2.24) is 14.5 Å². The first-order valence-electron chi connectivity index (χ1n) is 20.5. The van der Waals surface area contributed by atoms with Crippen LogP contribution in [-0.2, 0) is 5.41 Å². The van der Waals surface area contributed by atoms with Crippen LogP contribution in [0.5, 0.6) is 0 Å². The molecule has 0 amide bonds. The van der Waals surface area contributed by atoms with E-state index in [-0.39, 0.29) is 5.41 Å². The number of hydrogen-bond donors (Lipinski definition) is 0. The highest BCUT2D eigenvalue weighted by molar-refractivity contribution is 7.22. The van der Waals surface area contributed by atoms with Gasteiger partial charge < -0.3 is 4.57 Å². The van der Waals surface area contributed by atoms with Gasteiger partial charge in [-0.15, -0.1) is 0 Å². The van der Waals surface area contributed by atoms with Gasteiger partial charge in [0.05, 0.1) is 28.1 Å². The Hall–Kier alpha value is -7.14. The largest absolute Gasteiger partial charge is 0.308 e. The molecule has 0 radical (unpaired) electrons. The average Bonchev–Trinajstić information content (AvgIpc) is 3.88. The van der Waals surface area contributed by atoms with Gasteiger partial charge in [0.1, 0.15) is 0 Å². The Morgan fingerprint density at radius 3 is 1.78 bits per heavy atom. The van der Waals surface area contributed by atoms with Crippen molar-refractivity contribution in [3.05, 3.63) is 211 Å². The second kappa shape index (κ2) is 12.7. The Balaban J connectivity index is 1.18. The van der Waals surface area contributed by atoms with Gasteiger partial charge in [-0.2, -0.15) is 0 Å². The molecule has 0 saturated carbocycles. The third-order valence-electron chi connectivity index (χ3n) is 13.1. The molecule has 0 fully saturated rings. The van der Waals surface area contributed by atoms with Crippen LogP contribution in [0.1, 0.15) is 25.0 Å². The zero-order chi connectivity index (χ0) is 39.3. The molecule has 0 unspecified atom stereocenters. The molecule has 0 bridgehead atoms. The summed E-state index contributed by atoms with van der Waals surface area (Å²) < 4.78 is 2.45. The summed E-state index contributed by atoms with van der Waals surface area (Å²) in [6, 6.07) is 73.3. The van der Waals surface area contributed by atoms with E-state index < -0.39 is 8.07 Å². The third-order valence-corrected chi connectivity index (χ3v) is 18.0. The molecule has 1 aliphatic carbocycles. The minimum Gasteiger partial charge on any atom is -0.308 e. The Morgan fingerprint density at radius 1 is 0.458 bits per heavy atom. The summed E-state index contributed by atoms with van der Waals surface area (Å²) >= 11 is 0. The van der Waals surface area contributed by atoms with Gasteiger partial charge in [-0.05, 0) is 62.1 Å². The fourth-order valence-electron chi connectivity index (χ4n) is 10.6. The fourth-order valence-corrected chi connectivity index (χ4v) is 15.8. The predicted molar refractivity (Wildman–Crippen MR) is 247 cm³/mol. The lowest BCUT2D eigenvalue weighted by Gasteiger charge is -2.32. The fraction of sp³-hybridized carbons (Fsp3) is 0.0545. The summed E-state index contributed by atoms with van der Waals surface area (Å²) in [5, 5.41) is 7.79. The van der Waals surface area contributed by atoms with Gasteiger partial charge in [0, 0.05) is 38.1 Å². The molecule has 12 rings (SSSR count). The lowest BCUT2D eigenvalue weighted by atomic mass is 9.82. The summed E-state index contributed by atoms with van der Waals surface area (Å²) in [7, 11) is -2.90. The van der Waals surface area contributed by atoms with Crippen LogP contribution in [0.15, 0.2) is 200 Å². The zero-order valence-electron chi connectivity index (χ0n) is 32.9. The van der Waals surface area contributed by atoms with E-state index >= 15 is 0 Å². The molecule has 3 heterocycles. The van der Waals surface area contributed by atoms with E-state index in [4.69, 9.17) is 9.97 Å².